The highest BCUT2D eigenvalue weighted by molar-refractivity contribution is 7.89. The van der Waals surface area contributed by atoms with Crippen LogP contribution in [0.3, 0.4) is 0 Å². The summed E-state index contributed by atoms with van der Waals surface area (Å²) in [6.07, 6.45) is 0.773. The molecule has 0 fully saturated rings. The van der Waals surface area contributed by atoms with Crippen LogP contribution in [0.4, 0.5) is 0 Å². The van der Waals surface area contributed by atoms with Gasteiger partial charge in [0.25, 0.3) is 0 Å². The summed E-state index contributed by atoms with van der Waals surface area (Å²) in [5, 5.41) is 3.06. The monoisotopic (exact) mass is 334 g/mol. The minimum atomic E-state index is -3.48. The van der Waals surface area contributed by atoms with Crippen LogP contribution in [-0.2, 0) is 21.3 Å². The molecule has 0 aliphatic carbocycles. The minimum Gasteiger partial charge on any atom is -0.383 e. The first-order valence-electron chi connectivity index (χ1n) is 7.13. The summed E-state index contributed by atoms with van der Waals surface area (Å²) >= 11 is 1.53. The Bertz CT molecular complexity index is 540. The summed E-state index contributed by atoms with van der Waals surface area (Å²) in [5.41, 5.74) is 0. The van der Waals surface area contributed by atoms with E-state index in [9.17, 15) is 8.42 Å². The van der Waals surface area contributed by atoms with E-state index >= 15 is 0 Å². The fraction of sp³-hybridized carbons (Fsp3) is 0.714. The number of nitrogens with zero attached hydrogens (tertiary/aromatic N) is 1. The third-order valence-corrected chi connectivity index (χ3v) is 6.78. The molecule has 1 atom stereocenters. The zero-order valence-electron chi connectivity index (χ0n) is 13.5. The van der Waals surface area contributed by atoms with Crippen molar-refractivity contribution >= 4 is 21.4 Å². The van der Waals surface area contributed by atoms with E-state index in [1.54, 1.807) is 17.5 Å². The molecular formula is C14H26N2O3S2. The largest absolute Gasteiger partial charge is 0.383 e. The fourth-order valence-corrected chi connectivity index (χ4v) is 5.44. The molecule has 1 aromatic rings. The van der Waals surface area contributed by atoms with Crippen molar-refractivity contribution in [2.45, 2.75) is 44.7 Å². The van der Waals surface area contributed by atoms with Gasteiger partial charge in [0.1, 0.15) is 0 Å². The molecule has 7 heteroatoms. The fourth-order valence-electron chi connectivity index (χ4n) is 2.13. The Kier molecular flexibility index (Phi) is 7.29. The number of thiophene rings is 1. The van der Waals surface area contributed by atoms with Crippen molar-refractivity contribution in [2.24, 2.45) is 0 Å². The van der Waals surface area contributed by atoms with E-state index in [1.165, 1.54) is 11.3 Å². The number of rotatable bonds is 9. The van der Waals surface area contributed by atoms with Crippen molar-refractivity contribution in [2.75, 3.05) is 27.3 Å². The second kappa shape index (κ2) is 8.24. The maximum absolute atomic E-state index is 12.9. The minimum absolute atomic E-state index is 0.0443. The average molecular weight is 335 g/mol. The Hall–Kier alpha value is -0.470. The highest BCUT2D eigenvalue weighted by Crippen LogP contribution is 2.29. The lowest BCUT2D eigenvalue weighted by molar-refractivity contribution is 0.167. The molecule has 0 aromatic carbocycles. The molecule has 0 saturated carbocycles. The van der Waals surface area contributed by atoms with Crippen molar-refractivity contribution in [3.8, 4) is 0 Å². The van der Waals surface area contributed by atoms with Crippen molar-refractivity contribution in [1.29, 1.82) is 0 Å². The summed E-state index contributed by atoms with van der Waals surface area (Å²) in [5.74, 6) is 0. The summed E-state index contributed by atoms with van der Waals surface area (Å²) < 4.78 is 32.5. The number of sulfonamides is 1. The summed E-state index contributed by atoms with van der Waals surface area (Å²) in [7, 11) is -0.0368. The molecule has 1 rings (SSSR count). The van der Waals surface area contributed by atoms with Gasteiger partial charge in [-0.3, -0.25) is 0 Å². The molecule has 0 bridgehead atoms. The predicted octanol–water partition coefficient (Wildman–Crippen LogP) is 2.21. The molecular weight excluding hydrogens is 308 g/mol. The van der Waals surface area contributed by atoms with Gasteiger partial charge in [-0.25, -0.2) is 8.42 Å². The van der Waals surface area contributed by atoms with Crippen LogP contribution in [-0.4, -0.2) is 46.1 Å². The van der Waals surface area contributed by atoms with Crippen molar-refractivity contribution in [3.05, 3.63) is 15.8 Å². The van der Waals surface area contributed by atoms with Crippen LogP contribution in [0.5, 0.6) is 0 Å². The van der Waals surface area contributed by atoms with Crippen LogP contribution in [0.2, 0.25) is 0 Å². The summed E-state index contributed by atoms with van der Waals surface area (Å²) in [4.78, 5) is 2.30. The van der Waals surface area contributed by atoms with E-state index in [4.69, 9.17) is 4.74 Å². The van der Waals surface area contributed by atoms with Crippen molar-refractivity contribution < 1.29 is 13.2 Å². The Morgan fingerprint density at radius 1 is 1.48 bits per heavy atom. The molecule has 5 nitrogen and oxygen atoms in total. The molecule has 0 spiro atoms. The van der Waals surface area contributed by atoms with Crippen LogP contribution in [0.15, 0.2) is 11.0 Å². The van der Waals surface area contributed by atoms with Crippen molar-refractivity contribution in [1.82, 2.24) is 9.62 Å². The van der Waals surface area contributed by atoms with E-state index in [1.807, 2.05) is 27.8 Å². The van der Waals surface area contributed by atoms with Crippen LogP contribution in [0.1, 0.15) is 30.0 Å². The lowest BCUT2D eigenvalue weighted by atomic mass is 10.3. The molecule has 0 aliphatic heterocycles. The number of nitrogens with one attached hydrogen (secondary N) is 1. The van der Waals surface area contributed by atoms with E-state index in [2.05, 4.69) is 5.32 Å². The van der Waals surface area contributed by atoms with Gasteiger partial charge in [-0.2, -0.15) is 4.31 Å². The quantitative estimate of drug-likeness (QED) is 0.752. The number of ether oxygens (including phenoxy) is 1. The number of methoxy groups -OCH3 is 1. The SMILES string of the molecule is CCC(C)N(CCOC)S(=O)(=O)c1cc(CNC)sc1C. The maximum atomic E-state index is 12.9. The molecule has 0 saturated heterocycles. The molecule has 0 aliphatic rings. The van der Waals surface area contributed by atoms with Gasteiger partial charge in [0.2, 0.25) is 10.0 Å². The Morgan fingerprint density at radius 2 is 2.14 bits per heavy atom. The van der Waals surface area contributed by atoms with Gasteiger partial charge in [0.15, 0.2) is 0 Å². The first kappa shape index (κ1) is 18.6. The smallest absolute Gasteiger partial charge is 0.244 e. The molecule has 21 heavy (non-hydrogen) atoms. The topological polar surface area (TPSA) is 58.6 Å². The highest BCUT2D eigenvalue weighted by atomic mass is 32.2. The Labute approximate surface area is 132 Å². The van der Waals surface area contributed by atoms with Crippen LogP contribution in [0, 0.1) is 6.92 Å². The standard InChI is InChI=1S/C14H26N2O3S2/c1-6-11(2)16(7-8-19-5)21(17,18)14-9-13(10-15-4)20-12(14)3/h9,11,15H,6-8,10H2,1-5H3. The molecule has 0 radical (unpaired) electrons. The van der Waals surface area contributed by atoms with Crippen LogP contribution >= 0.6 is 11.3 Å². The normalized spacial score (nSPS) is 13.8. The van der Waals surface area contributed by atoms with Gasteiger partial charge < -0.3 is 10.1 Å². The number of aryl methyl sites for hydroxylation is 1. The zero-order valence-corrected chi connectivity index (χ0v) is 15.1. The Balaban J connectivity index is 3.15. The van der Waals surface area contributed by atoms with E-state index in [-0.39, 0.29) is 6.04 Å². The van der Waals surface area contributed by atoms with Crippen LogP contribution < -0.4 is 5.32 Å². The van der Waals surface area contributed by atoms with Gasteiger partial charge >= 0.3 is 0 Å². The lowest BCUT2D eigenvalue weighted by Crippen LogP contribution is -2.40. The lowest BCUT2D eigenvalue weighted by Gasteiger charge is -2.27. The molecule has 1 aromatic heterocycles. The van der Waals surface area contributed by atoms with E-state index < -0.39 is 10.0 Å². The van der Waals surface area contributed by atoms with Gasteiger partial charge in [0.05, 0.1) is 11.5 Å². The summed E-state index contributed by atoms with van der Waals surface area (Å²) in [6, 6.07) is 1.74. The molecule has 1 unspecified atom stereocenters. The zero-order chi connectivity index (χ0) is 16.0. The van der Waals surface area contributed by atoms with Gasteiger partial charge in [-0.15, -0.1) is 11.3 Å². The third-order valence-electron chi connectivity index (χ3n) is 3.46. The van der Waals surface area contributed by atoms with E-state index in [0.717, 1.165) is 16.2 Å². The second-order valence-corrected chi connectivity index (χ2v) is 8.23. The second-order valence-electron chi connectivity index (χ2n) is 5.03. The predicted molar refractivity (Wildman–Crippen MR) is 87.3 cm³/mol. The van der Waals surface area contributed by atoms with Crippen LogP contribution in [0.25, 0.3) is 0 Å². The number of hydrogen-bond acceptors (Lipinski definition) is 5. The third kappa shape index (κ3) is 4.50. The molecule has 122 valence electrons. The van der Waals surface area contributed by atoms with E-state index in [0.29, 0.717) is 24.6 Å². The maximum Gasteiger partial charge on any atom is 0.244 e. The number of hydrogen-bond donors (Lipinski definition) is 1. The first-order chi connectivity index (χ1) is 9.88. The van der Waals surface area contributed by atoms with Crippen molar-refractivity contribution in [3.63, 3.8) is 0 Å². The molecule has 1 N–H and O–H groups in total. The average Bonchev–Trinajstić information content (AvgIpc) is 2.80. The first-order valence-corrected chi connectivity index (χ1v) is 9.38. The van der Waals surface area contributed by atoms with Gasteiger partial charge in [0, 0.05) is 36.0 Å². The van der Waals surface area contributed by atoms with Gasteiger partial charge in [-0.1, -0.05) is 6.92 Å². The van der Waals surface area contributed by atoms with Gasteiger partial charge in [-0.05, 0) is 33.4 Å². The highest BCUT2D eigenvalue weighted by Gasteiger charge is 2.30. The molecule has 1 heterocycles. The summed E-state index contributed by atoms with van der Waals surface area (Å²) in [6.45, 7) is 7.25. The Morgan fingerprint density at radius 3 is 2.67 bits per heavy atom. The molecule has 0 amide bonds.